The van der Waals surface area contributed by atoms with Crippen molar-refractivity contribution in [2.24, 2.45) is 0 Å². The number of carbonyl (C=O) groups excluding carboxylic acids is 1. The van der Waals surface area contributed by atoms with E-state index in [9.17, 15) is 14.3 Å². The van der Waals surface area contributed by atoms with E-state index in [-0.39, 0.29) is 25.8 Å². The molecular formula is C44H90NO7P. The smallest absolute Gasteiger partial charge is 0.306 e. The van der Waals surface area contributed by atoms with Crippen LogP contribution < -0.4 is 4.89 Å². The molecule has 0 bridgehead atoms. The minimum atomic E-state index is -4.51. The van der Waals surface area contributed by atoms with Crippen LogP contribution in [0.1, 0.15) is 219 Å². The van der Waals surface area contributed by atoms with Crippen LogP contribution in [-0.4, -0.2) is 70.7 Å². The number of unbranched alkanes of at least 4 members (excludes halogenated alkanes) is 29. The molecule has 0 amide bonds. The zero-order valence-electron chi connectivity index (χ0n) is 36.0. The lowest BCUT2D eigenvalue weighted by atomic mass is 10.0. The SMILES string of the molecule is CCCCCCCCCCCCCCCCCCCCCC(=O)OC(COCCCCCCCCCCCCCC)COP(=O)([O-])OCC[N+](C)(C)C. The molecule has 0 radical (unpaired) electrons. The lowest BCUT2D eigenvalue weighted by Crippen LogP contribution is -2.37. The molecule has 2 atom stereocenters. The molecule has 318 valence electrons. The van der Waals surface area contributed by atoms with Crippen molar-refractivity contribution in [1.82, 2.24) is 0 Å². The molecule has 0 saturated carbocycles. The summed E-state index contributed by atoms with van der Waals surface area (Å²) in [5.74, 6) is -0.328. The average Bonchev–Trinajstić information content (AvgIpc) is 3.11. The summed E-state index contributed by atoms with van der Waals surface area (Å²) in [6.07, 6.45) is 39.7. The number of phosphoric ester groups is 1. The number of rotatable bonds is 43. The lowest BCUT2D eigenvalue weighted by Gasteiger charge is -2.28. The van der Waals surface area contributed by atoms with Crippen molar-refractivity contribution in [3.8, 4) is 0 Å². The highest BCUT2D eigenvalue weighted by Gasteiger charge is 2.20. The Bertz CT molecular complexity index is 822. The minimum absolute atomic E-state index is 0.0313. The average molecular weight is 776 g/mol. The van der Waals surface area contributed by atoms with Gasteiger partial charge in [0.15, 0.2) is 0 Å². The Hall–Kier alpha value is -0.500. The van der Waals surface area contributed by atoms with Crippen LogP contribution in [0.3, 0.4) is 0 Å². The third-order valence-electron chi connectivity index (χ3n) is 10.2. The molecule has 0 aromatic carbocycles. The molecule has 0 rings (SSSR count). The largest absolute Gasteiger partial charge is 0.756 e. The molecule has 2 unspecified atom stereocenters. The first kappa shape index (κ1) is 52.5. The van der Waals surface area contributed by atoms with Gasteiger partial charge in [-0.1, -0.05) is 200 Å². The summed E-state index contributed by atoms with van der Waals surface area (Å²) >= 11 is 0. The van der Waals surface area contributed by atoms with E-state index in [0.717, 1.165) is 32.1 Å². The highest BCUT2D eigenvalue weighted by molar-refractivity contribution is 7.45. The third kappa shape index (κ3) is 42.5. The summed E-state index contributed by atoms with van der Waals surface area (Å²) in [7, 11) is 1.37. The molecule has 0 aromatic rings. The van der Waals surface area contributed by atoms with Gasteiger partial charge in [-0.2, -0.15) is 0 Å². The quantitative estimate of drug-likeness (QED) is 0.0263. The Kier molecular flexibility index (Phi) is 38.0. The van der Waals surface area contributed by atoms with E-state index < -0.39 is 13.9 Å². The number of quaternary nitrogens is 1. The Morgan fingerprint density at radius 3 is 1.25 bits per heavy atom. The number of hydrogen-bond donors (Lipinski definition) is 0. The van der Waals surface area contributed by atoms with Crippen molar-refractivity contribution in [3.05, 3.63) is 0 Å². The van der Waals surface area contributed by atoms with Gasteiger partial charge in [-0.25, -0.2) is 0 Å². The van der Waals surface area contributed by atoms with Gasteiger partial charge in [-0.3, -0.25) is 9.36 Å². The van der Waals surface area contributed by atoms with Crippen LogP contribution in [0.4, 0.5) is 0 Å². The fourth-order valence-electron chi connectivity index (χ4n) is 6.61. The number of phosphoric acid groups is 1. The summed E-state index contributed by atoms with van der Waals surface area (Å²) < 4.78 is 34.6. The van der Waals surface area contributed by atoms with Crippen molar-refractivity contribution in [2.45, 2.75) is 225 Å². The molecule has 8 nitrogen and oxygen atoms in total. The van der Waals surface area contributed by atoms with E-state index in [0.29, 0.717) is 24.1 Å². The highest BCUT2D eigenvalue weighted by Crippen LogP contribution is 2.38. The first-order chi connectivity index (χ1) is 25.6. The van der Waals surface area contributed by atoms with Crippen molar-refractivity contribution in [1.29, 1.82) is 0 Å². The number of nitrogens with zero attached hydrogens (tertiary/aromatic N) is 1. The highest BCUT2D eigenvalue weighted by atomic mass is 31.2. The molecule has 0 spiro atoms. The van der Waals surface area contributed by atoms with Crippen molar-refractivity contribution >= 4 is 13.8 Å². The molecule has 0 heterocycles. The Labute approximate surface area is 329 Å². The Balaban J connectivity index is 4.13. The molecule has 0 N–H and O–H groups in total. The molecule has 0 aliphatic heterocycles. The van der Waals surface area contributed by atoms with Crippen LogP contribution in [0.25, 0.3) is 0 Å². The van der Waals surface area contributed by atoms with Crippen LogP contribution in [0.15, 0.2) is 0 Å². The van der Waals surface area contributed by atoms with Gasteiger partial charge in [-0.05, 0) is 12.8 Å². The number of ether oxygens (including phenoxy) is 2. The van der Waals surface area contributed by atoms with E-state index in [1.807, 2.05) is 21.1 Å². The third-order valence-corrected chi connectivity index (χ3v) is 11.1. The molecular weight excluding hydrogens is 685 g/mol. The fraction of sp³-hybridized carbons (Fsp3) is 0.977. The van der Waals surface area contributed by atoms with Crippen LogP contribution in [0.5, 0.6) is 0 Å². The molecule has 9 heteroatoms. The summed E-state index contributed by atoms with van der Waals surface area (Å²) in [6, 6.07) is 0. The molecule has 0 aromatic heterocycles. The second-order valence-corrected chi connectivity index (χ2v) is 18.2. The topological polar surface area (TPSA) is 94.1 Å². The van der Waals surface area contributed by atoms with Crippen LogP contribution in [-0.2, 0) is 27.9 Å². The predicted molar refractivity (Wildman–Crippen MR) is 222 cm³/mol. The fourth-order valence-corrected chi connectivity index (χ4v) is 7.34. The normalized spacial score (nSPS) is 13.7. The zero-order chi connectivity index (χ0) is 39.1. The van der Waals surface area contributed by atoms with Crippen molar-refractivity contribution in [3.63, 3.8) is 0 Å². The Morgan fingerprint density at radius 1 is 0.509 bits per heavy atom. The van der Waals surface area contributed by atoms with E-state index >= 15 is 0 Å². The lowest BCUT2D eigenvalue weighted by molar-refractivity contribution is -0.870. The number of esters is 1. The first-order valence-electron chi connectivity index (χ1n) is 22.8. The summed E-state index contributed by atoms with van der Waals surface area (Å²) in [5.41, 5.74) is 0. The van der Waals surface area contributed by atoms with E-state index in [4.69, 9.17) is 18.5 Å². The first-order valence-corrected chi connectivity index (χ1v) is 24.2. The maximum absolute atomic E-state index is 12.7. The predicted octanol–water partition coefficient (Wildman–Crippen LogP) is 12.6. The van der Waals surface area contributed by atoms with Gasteiger partial charge < -0.3 is 27.9 Å². The van der Waals surface area contributed by atoms with Gasteiger partial charge in [0.1, 0.15) is 19.3 Å². The monoisotopic (exact) mass is 776 g/mol. The van der Waals surface area contributed by atoms with Crippen LogP contribution in [0.2, 0.25) is 0 Å². The van der Waals surface area contributed by atoms with Gasteiger partial charge in [0, 0.05) is 13.0 Å². The molecule has 0 fully saturated rings. The summed E-state index contributed by atoms with van der Waals surface area (Å²) in [4.78, 5) is 25.0. The van der Waals surface area contributed by atoms with Gasteiger partial charge in [0.25, 0.3) is 7.82 Å². The minimum Gasteiger partial charge on any atom is -0.756 e. The van der Waals surface area contributed by atoms with Gasteiger partial charge in [0.2, 0.25) is 0 Å². The number of hydrogen-bond acceptors (Lipinski definition) is 7. The van der Waals surface area contributed by atoms with Crippen LogP contribution in [0, 0.1) is 0 Å². The van der Waals surface area contributed by atoms with Gasteiger partial charge in [-0.15, -0.1) is 0 Å². The summed E-state index contributed by atoms with van der Waals surface area (Å²) in [5, 5.41) is 0. The molecule has 0 aliphatic rings. The number of carbonyl (C=O) groups is 1. The standard InChI is InChI=1S/C44H90NO7P/c1-6-8-10-12-14-16-18-20-21-22-23-24-25-26-27-29-31-33-35-37-44(46)52-43(42-51-53(47,48)50-40-38-45(3,4)5)41-49-39-36-34-32-30-28-19-17-15-13-11-9-7-2/h43H,6-42H2,1-5H3. The summed E-state index contributed by atoms with van der Waals surface area (Å²) in [6.45, 7) is 5.47. The van der Waals surface area contributed by atoms with Gasteiger partial charge in [0.05, 0.1) is 34.4 Å². The van der Waals surface area contributed by atoms with E-state index in [1.165, 1.54) is 167 Å². The van der Waals surface area contributed by atoms with E-state index in [2.05, 4.69) is 13.8 Å². The molecule has 0 aliphatic carbocycles. The van der Waals surface area contributed by atoms with Gasteiger partial charge >= 0.3 is 5.97 Å². The van der Waals surface area contributed by atoms with Crippen LogP contribution >= 0.6 is 7.82 Å². The van der Waals surface area contributed by atoms with E-state index in [1.54, 1.807) is 0 Å². The molecule has 53 heavy (non-hydrogen) atoms. The second kappa shape index (κ2) is 38.4. The Morgan fingerprint density at radius 2 is 0.868 bits per heavy atom. The number of likely N-dealkylation sites (N-methyl/N-ethyl adjacent to an activating group) is 1. The molecule has 0 saturated heterocycles. The maximum Gasteiger partial charge on any atom is 0.306 e. The zero-order valence-corrected chi connectivity index (χ0v) is 36.9. The van der Waals surface area contributed by atoms with Crippen molar-refractivity contribution < 1.29 is 37.3 Å². The maximum atomic E-state index is 12.7. The van der Waals surface area contributed by atoms with Crippen molar-refractivity contribution in [2.75, 3.05) is 54.1 Å². The second-order valence-electron chi connectivity index (χ2n) is 16.8.